The number of aryl methyl sites for hydroxylation is 2. The molecule has 0 atom stereocenters. The molecule has 0 aliphatic rings. The van der Waals surface area contributed by atoms with Gasteiger partial charge in [-0.2, -0.15) is 0 Å². The van der Waals surface area contributed by atoms with E-state index in [-0.39, 0.29) is 11.3 Å². The summed E-state index contributed by atoms with van der Waals surface area (Å²) < 4.78 is 20.5. The van der Waals surface area contributed by atoms with Crippen molar-refractivity contribution in [2.24, 2.45) is 7.05 Å². The van der Waals surface area contributed by atoms with Gasteiger partial charge in [-0.3, -0.25) is 14.2 Å². The SMILES string of the molecule is CCP(=O)(CC)Oc1c(C(=O)Nc2ccccc2)c(=O)n(C)c2scc(C)c12. The van der Waals surface area contributed by atoms with Gasteiger partial charge in [0.1, 0.15) is 10.4 Å². The van der Waals surface area contributed by atoms with Crippen LogP contribution < -0.4 is 15.4 Å². The van der Waals surface area contributed by atoms with E-state index in [0.29, 0.717) is 28.2 Å². The first-order chi connectivity index (χ1) is 13.3. The molecular formula is C20H23N2O4PS. The van der Waals surface area contributed by atoms with Crippen LogP contribution in [-0.4, -0.2) is 22.8 Å². The summed E-state index contributed by atoms with van der Waals surface area (Å²) >= 11 is 1.40. The van der Waals surface area contributed by atoms with Gasteiger partial charge in [-0.05, 0) is 30.0 Å². The van der Waals surface area contributed by atoms with Gasteiger partial charge in [0.15, 0.2) is 5.75 Å². The molecule has 148 valence electrons. The minimum Gasteiger partial charge on any atom is -0.441 e. The quantitative estimate of drug-likeness (QED) is 0.580. The minimum atomic E-state index is -3.01. The molecule has 28 heavy (non-hydrogen) atoms. The van der Waals surface area contributed by atoms with Crippen molar-refractivity contribution < 1.29 is 13.9 Å². The summed E-state index contributed by atoms with van der Waals surface area (Å²) in [6, 6.07) is 8.89. The van der Waals surface area contributed by atoms with Gasteiger partial charge in [-0.25, -0.2) is 0 Å². The third kappa shape index (κ3) is 3.64. The number of benzene rings is 1. The van der Waals surface area contributed by atoms with Gasteiger partial charge in [-0.1, -0.05) is 32.0 Å². The summed E-state index contributed by atoms with van der Waals surface area (Å²) in [4.78, 5) is 26.8. The van der Waals surface area contributed by atoms with Gasteiger partial charge < -0.3 is 14.4 Å². The van der Waals surface area contributed by atoms with Crippen molar-refractivity contribution >= 4 is 40.5 Å². The zero-order valence-corrected chi connectivity index (χ0v) is 18.0. The van der Waals surface area contributed by atoms with Crippen LogP contribution in [0.25, 0.3) is 10.2 Å². The molecule has 1 aromatic carbocycles. The molecule has 0 aliphatic carbocycles. The number of nitrogens with one attached hydrogen (secondary N) is 1. The lowest BCUT2D eigenvalue weighted by Crippen LogP contribution is -2.29. The van der Waals surface area contributed by atoms with Crippen molar-refractivity contribution in [1.82, 2.24) is 4.57 Å². The van der Waals surface area contributed by atoms with Crippen LogP contribution >= 0.6 is 18.7 Å². The number of carbonyl (C=O) groups excluding carboxylic acids is 1. The number of para-hydroxylation sites is 1. The Morgan fingerprint density at radius 2 is 1.86 bits per heavy atom. The van der Waals surface area contributed by atoms with Gasteiger partial charge in [0, 0.05) is 25.1 Å². The van der Waals surface area contributed by atoms with E-state index in [4.69, 9.17) is 4.52 Å². The Kier molecular flexibility index (Phi) is 5.77. The topological polar surface area (TPSA) is 77.4 Å². The number of pyridine rings is 1. The van der Waals surface area contributed by atoms with E-state index in [1.54, 1.807) is 45.2 Å². The number of thiophene rings is 1. The minimum absolute atomic E-state index is 0.123. The number of amides is 1. The van der Waals surface area contributed by atoms with E-state index >= 15 is 0 Å². The fourth-order valence-electron chi connectivity index (χ4n) is 2.96. The summed E-state index contributed by atoms with van der Waals surface area (Å²) in [5.41, 5.74) is 0.842. The number of rotatable bonds is 6. The van der Waals surface area contributed by atoms with E-state index in [9.17, 15) is 14.2 Å². The Balaban J connectivity index is 2.25. The average molecular weight is 418 g/mol. The fraction of sp³-hybridized carbons (Fsp3) is 0.300. The Morgan fingerprint density at radius 3 is 2.46 bits per heavy atom. The van der Waals surface area contributed by atoms with Crippen LogP contribution in [0.15, 0.2) is 40.5 Å². The normalized spacial score (nSPS) is 11.6. The second-order valence-electron chi connectivity index (χ2n) is 6.53. The van der Waals surface area contributed by atoms with Crippen molar-refractivity contribution in [2.75, 3.05) is 17.6 Å². The maximum Gasteiger partial charge on any atom is 0.268 e. The van der Waals surface area contributed by atoms with E-state index in [1.807, 2.05) is 18.4 Å². The van der Waals surface area contributed by atoms with Crippen LogP contribution in [0.4, 0.5) is 5.69 Å². The lowest BCUT2D eigenvalue weighted by atomic mass is 10.1. The predicted octanol–water partition coefficient (Wildman–Crippen LogP) is 4.86. The van der Waals surface area contributed by atoms with E-state index < -0.39 is 18.8 Å². The van der Waals surface area contributed by atoms with Crippen molar-refractivity contribution in [3.05, 3.63) is 57.2 Å². The summed E-state index contributed by atoms with van der Waals surface area (Å²) in [6.45, 7) is 5.46. The highest BCUT2D eigenvalue weighted by molar-refractivity contribution is 7.59. The number of nitrogens with zero attached hydrogens (tertiary/aromatic N) is 1. The molecule has 0 radical (unpaired) electrons. The molecule has 0 bridgehead atoms. The van der Waals surface area contributed by atoms with E-state index in [2.05, 4.69) is 5.32 Å². The Hall–Kier alpha value is -2.37. The molecule has 0 unspecified atom stereocenters. The van der Waals surface area contributed by atoms with Crippen LogP contribution in [-0.2, 0) is 11.6 Å². The lowest BCUT2D eigenvalue weighted by molar-refractivity contribution is 0.102. The molecule has 0 fully saturated rings. The molecule has 6 nitrogen and oxygen atoms in total. The van der Waals surface area contributed by atoms with Crippen LogP contribution in [0.2, 0.25) is 0 Å². The second kappa shape index (κ2) is 7.94. The van der Waals surface area contributed by atoms with Crippen molar-refractivity contribution in [3.63, 3.8) is 0 Å². The molecule has 1 amide bonds. The third-order valence-electron chi connectivity index (χ3n) is 4.71. The zero-order valence-electron chi connectivity index (χ0n) is 16.3. The van der Waals surface area contributed by atoms with Crippen molar-refractivity contribution in [1.29, 1.82) is 0 Å². The molecule has 2 aromatic heterocycles. The van der Waals surface area contributed by atoms with Gasteiger partial charge in [0.25, 0.3) is 11.5 Å². The molecule has 0 saturated carbocycles. The van der Waals surface area contributed by atoms with E-state index in [0.717, 1.165) is 5.56 Å². The van der Waals surface area contributed by atoms with Crippen LogP contribution in [0.1, 0.15) is 29.8 Å². The molecule has 0 spiro atoms. The molecule has 3 rings (SSSR count). The monoisotopic (exact) mass is 418 g/mol. The van der Waals surface area contributed by atoms with Crippen LogP contribution in [0.5, 0.6) is 5.75 Å². The molecule has 0 saturated heterocycles. The standard InChI is InChI=1S/C20H23N2O4PS/c1-5-27(25,6-2)26-17-15-13(3)12-28-20(15)22(4)19(24)16(17)18(23)21-14-10-8-7-9-11-14/h7-12H,5-6H2,1-4H3,(H,21,23). The molecule has 8 heteroatoms. The van der Waals surface area contributed by atoms with Gasteiger partial charge in [-0.15, -0.1) is 11.3 Å². The number of hydrogen-bond donors (Lipinski definition) is 1. The van der Waals surface area contributed by atoms with Crippen LogP contribution in [0.3, 0.4) is 0 Å². The highest BCUT2D eigenvalue weighted by Gasteiger charge is 2.29. The Bertz CT molecular complexity index is 1130. The first-order valence-electron chi connectivity index (χ1n) is 9.06. The zero-order chi connectivity index (χ0) is 20.5. The number of carbonyl (C=O) groups is 1. The highest BCUT2D eigenvalue weighted by Crippen LogP contribution is 2.49. The highest BCUT2D eigenvalue weighted by atomic mass is 32.1. The average Bonchev–Trinajstić information content (AvgIpc) is 3.08. The first-order valence-corrected chi connectivity index (χ1v) is 11.9. The maximum atomic E-state index is 13.1. The number of aromatic nitrogens is 1. The summed E-state index contributed by atoms with van der Waals surface area (Å²) in [5.74, 6) is -0.453. The number of anilines is 1. The second-order valence-corrected chi connectivity index (χ2v) is 10.5. The molecule has 2 heterocycles. The van der Waals surface area contributed by atoms with Crippen molar-refractivity contribution in [2.45, 2.75) is 20.8 Å². The lowest BCUT2D eigenvalue weighted by Gasteiger charge is -2.20. The van der Waals surface area contributed by atoms with Gasteiger partial charge >= 0.3 is 0 Å². The summed E-state index contributed by atoms with van der Waals surface area (Å²) in [5, 5.41) is 5.31. The van der Waals surface area contributed by atoms with Gasteiger partial charge in [0.05, 0.1) is 5.39 Å². The maximum absolute atomic E-state index is 13.1. The van der Waals surface area contributed by atoms with E-state index in [1.165, 1.54) is 15.9 Å². The molecule has 0 aliphatic heterocycles. The molecule has 1 N–H and O–H groups in total. The Morgan fingerprint density at radius 1 is 1.21 bits per heavy atom. The third-order valence-corrected chi connectivity index (χ3v) is 8.33. The largest absolute Gasteiger partial charge is 0.441 e. The number of fused-ring (bicyclic) bond motifs is 1. The number of hydrogen-bond acceptors (Lipinski definition) is 5. The Labute approximate surface area is 167 Å². The molecular weight excluding hydrogens is 395 g/mol. The molecule has 3 aromatic rings. The smallest absolute Gasteiger partial charge is 0.268 e. The summed E-state index contributed by atoms with van der Waals surface area (Å²) in [7, 11) is -1.38. The first kappa shape index (κ1) is 20.4. The fourth-order valence-corrected chi connectivity index (χ4v) is 5.20. The summed E-state index contributed by atoms with van der Waals surface area (Å²) in [6.07, 6.45) is 0.645. The van der Waals surface area contributed by atoms with Crippen molar-refractivity contribution in [3.8, 4) is 5.75 Å². The predicted molar refractivity (Wildman–Crippen MR) is 116 cm³/mol. The van der Waals surface area contributed by atoms with Gasteiger partial charge in [0.2, 0.25) is 7.37 Å². The van der Waals surface area contributed by atoms with Crippen LogP contribution in [0, 0.1) is 6.92 Å².